The van der Waals surface area contributed by atoms with E-state index < -0.39 is 0 Å². The van der Waals surface area contributed by atoms with Crippen molar-refractivity contribution in [3.05, 3.63) is 11.6 Å². The molecule has 0 bridgehead atoms. The Morgan fingerprint density at radius 1 is 1.75 bits per heavy atom. The third kappa shape index (κ3) is 1.32. The van der Waals surface area contributed by atoms with Crippen LogP contribution in [-0.4, -0.2) is 19.8 Å². The minimum absolute atomic E-state index is 0.698. The quantitative estimate of drug-likeness (QED) is 0.496. The number of hydrogen-bond acceptors (Lipinski definition) is 2. The summed E-state index contributed by atoms with van der Waals surface area (Å²) in [6, 6.07) is 0. The van der Waals surface area contributed by atoms with Gasteiger partial charge in [-0.2, -0.15) is 0 Å². The molecule has 0 fully saturated rings. The zero-order valence-corrected chi connectivity index (χ0v) is 4.89. The van der Waals surface area contributed by atoms with Crippen LogP contribution in [0.25, 0.3) is 0 Å². The Hall–Kier alpha value is -0.340. The van der Waals surface area contributed by atoms with Crippen molar-refractivity contribution in [2.75, 3.05) is 19.8 Å². The molecule has 1 heterocycles. The van der Waals surface area contributed by atoms with Crippen molar-refractivity contribution in [2.45, 2.75) is 6.42 Å². The molecule has 0 aliphatic carbocycles. The van der Waals surface area contributed by atoms with Crippen molar-refractivity contribution < 1.29 is 4.74 Å². The van der Waals surface area contributed by atoms with Crippen molar-refractivity contribution in [3.63, 3.8) is 0 Å². The van der Waals surface area contributed by atoms with Crippen LogP contribution in [0.15, 0.2) is 11.6 Å². The van der Waals surface area contributed by atoms with Gasteiger partial charge in [0, 0.05) is 6.54 Å². The minimum Gasteiger partial charge on any atom is -0.377 e. The van der Waals surface area contributed by atoms with Crippen molar-refractivity contribution >= 4 is 0 Å². The molecule has 1 aliphatic heterocycles. The normalized spacial score (nSPS) is 20.4. The summed E-state index contributed by atoms with van der Waals surface area (Å²) in [5, 5.41) is 0. The largest absolute Gasteiger partial charge is 0.377 e. The van der Waals surface area contributed by atoms with E-state index in [-0.39, 0.29) is 0 Å². The predicted octanol–water partition coefficient (Wildman–Crippen LogP) is 0.292. The molecule has 0 saturated carbocycles. The first kappa shape index (κ1) is 5.79. The lowest BCUT2D eigenvalue weighted by atomic mass is 10.1. The van der Waals surface area contributed by atoms with Crippen molar-refractivity contribution in [2.24, 2.45) is 5.73 Å². The molecular formula is C6H11NO. The molecule has 0 amide bonds. The molecule has 0 atom stereocenters. The molecule has 0 radical (unpaired) electrons. The Labute approximate surface area is 49.3 Å². The van der Waals surface area contributed by atoms with Gasteiger partial charge in [-0.25, -0.2) is 0 Å². The van der Waals surface area contributed by atoms with E-state index >= 15 is 0 Å². The topological polar surface area (TPSA) is 35.2 Å². The van der Waals surface area contributed by atoms with Gasteiger partial charge in [-0.1, -0.05) is 11.6 Å². The second-order valence-corrected chi connectivity index (χ2v) is 1.89. The number of hydrogen-bond donors (Lipinski definition) is 1. The molecule has 0 saturated heterocycles. The van der Waals surface area contributed by atoms with Gasteiger partial charge in [0.05, 0.1) is 13.2 Å². The highest BCUT2D eigenvalue weighted by molar-refractivity contribution is 5.05. The molecule has 0 aromatic heterocycles. The van der Waals surface area contributed by atoms with E-state index in [1.54, 1.807) is 0 Å². The number of ether oxygens (including phenoxy) is 1. The maximum atomic E-state index is 5.38. The smallest absolute Gasteiger partial charge is 0.0650 e. The average molecular weight is 113 g/mol. The van der Waals surface area contributed by atoms with Gasteiger partial charge in [0.25, 0.3) is 0 Å². The summed E-state index contributed by atoms with van der Waals surface area (Å²) >= 11 is 0. The monoisotopic (exact) mass is 113 g/mol. The van der Waals surface area contributed by atoms with E-state index in [1.807, 2.05) is 0 Å². The van der Waals surface area contributed by atoms with E-state index in [1.165, 1.54) is 5.57 Å². The molecule has 8 heavy (non-hydrogen) atoms. The molecule has 0 aromatic carbocycles. The predicted molar refractivity (Wildman–Crippen MR) is 32.6 cm³/mol. The summed E-state index contributed by atoms with van der Waals surface area (Å²) in [5.74, 6) is 0. The zero-order chi connectivity index (χ0) is 5.82. The van der Waals surface area contributed by atoms with Gasteiger partial charge in [0.15, 0.2) is 0 Å². The zero-order valence-electron chi connectivity index (χ0n) is 4.89. The molecule has 0 spiro atoms. The fraction of sp³-hybridized carbons (Fsp3) is 0.667. The summed E-state index contributed by atoms with van der Waals surface area (Å²) in [7, 11) is 0. The molecule has 0 unspecified atom stereocenters. The van der Waals surface area contributed by atoms with Crippen LogP contribution >= 0.6 is 0 Å². The molecule has 1 aliphatic rings. The van der Waals surface area contributed by atoms with Gasteiger partial charge < -0.3 is 10.5 Å². The molecule has 1 rings (SSSR count). The van der Waals surface area contributed by atoms with E-state index in [0.29, 0.717) is 6.54 Å². The lowest BCUT2D eigenvalue weighted by molar-refractivity contribution is 0.154. The fourth-order valence-corrected chi connectivity index (χ4v) is 0.751. The summed E-state index contributed by atoms with van der Waals surface area (Å²) < 4.78 is 5.07. The highest BCUT2D eigenvalue weighted by Gasteiger charge is 1.98. The van der Waals surface area contributed by atoms with Crippen LogP contribution < -0.4 is 5.73 Å². The van der Waals surface area contributed by atoms with E-state index in [0.717, 1.165) is 19.6 Å². The Morgan fingerprint density at radius 2 is 2.62 bits per heavy atom. The van der Waals surface area contributed by atoms with Crippen LogP contribution in [0.3, 0.4) is 0 Å². The van der Waals surface area contributed by atoms with Crippen LogP contribution in [0.1, 0.15) is 6.42 Å². The summed E-state index contributed by atoms with van der Waals surface area (Å²) in [6.45, 7) is 2.30. The van der Waals surface area contributed by atoms with Crippen LogP contribution in [0.5, 0.6) is 0 Å². The second kappa shape index (κ2) is 2.84. The van der Waals surface area contributed by atoms with Crippen LogP contribution in [-0.2, 0) is 4.74 Å². The Balaban J connectivity index is 2.37. The molecule has 2 nitrogen and oxygen atoms in total. The Morgan fingerprint density at radius 3 is 3.00 bits per heavy atom. The molecule has 46 valence electrons. The fourth-order valence-electron chi connectivity index (χ4n) is 0.751. The van der Waals surface area contributed by atoms with Crippen molar-refractivity contribution in [1.82, 2.24) is 0 Å². The summed E-state index contributed by atoms with van der Waals surface area (Å²) in [4.78, 5) is 0. The van der Waals surface area contributed by atoms with Gasteiger partial charge in [-0.05, 0) is 6.42 Å². The van der Waals surface area contributed by atoms with Crippen molar-refractivity contribution in [3.8, 4) is 0 Å². The number of nitrogens with two attached hydrogens (primary N) is 1. The van der Waals surface area contributed by atoms with Gasteiger partial charge in [0.2, 0.25) is 0 Å². The van der Waals surface area contributed by atoms with Crippen LogP contribution in [0, 0.1) is 0 Å². The van der Waals surface area contributed by atoms with Gasteiger partial charge in [0.1, 0.15) is 0 Å². The highest BCUT2D eigenvalue weighted by Crippen LogP contribution is 2.03. The first-order valence-corrected chi connectivity index (χ1v) is 2.89. The third-order valence-corrected chi connectivity index (χ3v) is 1.32. The maximum Gasteiger partial charge on any atom is 0.0650 e. The average Bonchev–Trinajstić information content (AvgIpc) is 1.90. The maximum absolute atomic E-state index is 5.38. The SMILES string of the molecule is NCC1=CCOCC1. The lowest BCUT2D eigenvalue weighted by Crippen LogP contribution is -2.11. The lowest BCUT2D eigenvalue weighted by Gasteiger charge is -2.10. The summed E-state index contributed by atoms with van der Waals surface area (Å²) in [6.07, 6.45) is 3.08. The Kier molecular flexibility index (Phi) is 2.06. The van der Waals surface area contributed by atoms with Crippen LogP contribution in [0.2, 0.25) is 0 Å². The van der Waals surface area contributed by atoms with E-state index in [2.05, 4.69) is 6.08 Å². The highest BCUT2D eigenvalue weighted by atomic mass is 16.5. The van der Waals surface area contributed by atoms with Gasteiger partial charge >= 0.3 is 0 Å². The van der Waals surface area contributed by atoms with Crippen LogP contribution in [0.4, 0.5) is 0 Å². The molecule has 0 aromatic rings. The molecule has 2 heteroatoms. The minimum atomic E-state index is 0.698. The van der Waals surface area contributed by atoms with E-state index in [4.69, 9.17) is 10.5 Å². The van der Waals surface area contributed by atoms with Gasteiger partial charge in [-0.15, -0.1) is 0 Å². The first-order valence-electron chi connectivity index (χ1n) is 2.89. The van der Waals surface area contributed by atoms with Gasteiger partial charge in [-0.3, -0.25) is 0 Å². The second-order valence-electron chi connectivity index (χ2n) is 1.89. The molecule has 2 N–H and O–H groups in total. The first-order chi connectivity index (χ1) is 3.93. The molecular weight excluding hydrogens is 102 g/mol. The third-order valence-electron chi connectivity index (χ3n) is 1.32. The van der Waals surface area contributed by atoms with E-state index in [9.17, 15) is 0 Å². The summed E-state index contributed by atoms with van der Waals surface area (Å²) in [5.41, 5.74) is 6.71. The Bertz CT molecular complexity index is 98.7. The standard InChI is InChI=1S/C6H11NO/c7-5-6-1-3-8-4-2-6/h1H,2-5,7H2. The number of rotatable bonds is 1. The van der Waals surface area contributed by atoms with Crippen molar-refractivity contribution in [1.29, 1.82) is 0 Å².